The van der Waals surface area contributed by atoms with E-state index in [9.17, 15) is 14.9 Å². The fourth-order valence-electron chi connectivity index (χ4n) is 1.69. The van der Waals surface area contributed by atoms with E-state index >= 15 is 0 Å². The first-order chi connectivity index (χ1) is 8.58. The van der Waals surface area contributed by atoms with Crippen LogP contribution in [0.3, 0.4) is 0 Å². The molecule has 1 aromatic carbocycles. The molecule has 0 radical (unpaired) electrons. The van der Waals surface area contributed by atoms with Gasteiger partial charge in [-0.3, -0.25) is 14.9 Å². The van der Waals surface area contributed by atoms with Crippen molar-refractivity contribution in [3.63, 3.8) is 0 Å². The summed E-state index contributed by atoms with van der Waals surface area (Å²) in [5.41, 5.74) is 0.323. The minimum absolute atomic E-state index is 0.0530. The molecule has 1 N–H and O–H groups in total. The number of non-ortho nitro benzene ring substituents is 1. The molecule has 0 bridgehead atoms. The van der Waals surface area contributed by atoms with Crippen molar-refractivity contribution < 1.29 is 9.72 Å². The lowest BCUT2D eigenvalue weighted by Crippen LogP contribution is -2.25. The fourth-order valence-corrected chi connectivity index (χ4v) is 2.27. The van der Waals surface area contributed by atoms with Gasteiger partial charge in [0.05, 0.1) is 10.5 Å². The molecule has 1 saturated carbocycles. The molecule has 18 heavy (non-hydrogen) atoms. The Labute approximate surface area is 118 Å². The number of nitrogens with zero attached hydrogens (tertiary/aromatic N) is 1. The van der Waals surface area contributed by atoms with Gasteiger partial charge in [0.15, 0.2) is 0 Å². The quantitative estimate of drug-likeness (QED) is 0.499. The fraction of sp³-hybridized carbons (Fsp3) is 0.417. The lowest BCUT2D eigenvalue weighted by atomic mass is 10.2. The number of nitrogens with one attached hydrogen (secondary N) is 1. The standard InChI is InChI=1S/C12H13IN2O3/c13-11-4-3-9(15(17)18)7-10(11)12(16)14-6-5-8-1-2-8/h3-4,7-8H,1-2,5-6H2,(H,14,16). The molecule has 6 heteroatoms. The molecule has 0 heterocycles. The molecule has 1 fully saturated rings. The Morgan fingerprint density at radius 3 is 2.83 bits per heavy atom. The van der Waals surface area contributed by atoms with Crippen LogP contribution in [0.15, 0.2) is 18.2 Å². The second kappa shape index (κ2) is 5.64. The minimum Gasteiger partial charge on any atom is -0.352 e. The summed E-state index contributed by atoms with van der Waals surface area (Å²) in [6.45, 7) is 0.641. The summed E-state index contributed by atoms with van der Waals surface area (Å²) in [5.74, 6) is 0.526. The van der Waals surface area contributed by atoms with Gasteiger partial charge in [0.2, 0.25) is 0 Å². The monoisotopic (exact) mass is 360 g/mol. The average Bonchev–Trinajstić information content (AvgIpc) is 3.13. The van der Waals surface area contributed by atoms with Gasteiger partial charge in [0, 0.05) is 22.2 Å². The highest BCUT2D eigenvalue weighted by atomic mass is 127. The zero-order valence-corrected chi connectivity index (χ0v) is 11.8. The number of hydrogen-bond acceptors (Lipinski definition) is 3. The second-order valence-corrected chi connectivity index (χ2v) is 5.57. The molecular formula is C12H13IN2O3. The molecule has 96 valence electrons. The number of amides is 1. The molecule has 2 rings (SSSR count). The van der Waals surface area contributed by atoms with Crippen molar-refractivity contribution in [2.75, 3.05) is 6.54 Å². The van der Waals surface area contributed by atoms with E-state index in [4.69, 9.17) is 0 Å². The predicted octanol–water partition coefficient (Wildman–Crippen LogP) is 2.73. The maximum Gasteiger partial charge on any atom is 0.270 e. The molecule has 0 unspecified atom stereocenters. The number of carbonyl (C=O) groups is 1. The third kappa shape index (κ3) is 3.41. The summed E-state index contributed by atoms with van der Waals surface area (Å²) in [6.07, 6.45) is 3.51. The van der Waals surface area contributed by atoms with Crippen LogP contribution in [0.25, 0.3) is 0 Å². The number of halogens is 1. The highest BCUT2D eigenvalue weighted by Crippen LogP contribution is 2.31. The van der Waals surface area contributed by atoms with Crippen molar-refractivity contribution in [1.29, 1.82) is 0 Å². The van der Waals surface area contributed by atoms with Gasteiger partial charge in [-0.05, 0) is 41.0 Å². The molecule has 5 nitrogen and oxygen atoms in total. The van der Waals surface area contributed by atoms with Gasteiger partial charge in [-0.15, -0.1) is 0 Å². The zero-order chi connectivity index (χ0) is 13.1. The molecule has 1 amide bonds. The number of nitro groups is 1. The van der Waals surface area contributed by atoms with Crippen molar-refractivity contribution in [1.82, 2.24) is 5.32 Å². The molecule has 0 aromatic heterocycles. The lowest BCUT2D eigenvalue weighted by Gasteiger charge is -2.06. The van der Waals surface area contributed by atoms with Crippen LogP contribution in [0.4, 0.5) is 5.69 Å². The van der Waals surface area contributed by atoms with Crippen molar-refractivity contribution in [3.8, 4) is 0 Å². The van der Waals surface area contributed by atoms with Crippen LogP contribution in [0, 0.1) is 19.6 Å². The molecule has 1 aliphatic carbocycles. The lowest BCUT2D eigenvalue weighted by molar-refractivity contribution is -0.384. The van der Waals surface area contributed by atoms with Gasteiger partial charge in [0.1, 0.15) is 0 Å². The Balaban J connectivity index is 2.02. The van der Waals surface area contributed by atoms with E-state index in [1.807, 2.05) is 22.6 Å². The van der Waals surface area contributed by atoms with Crippen LogP contribution in [-0.2, 0) is 0 Å². The third-order valence-electron chi connectivity index (χ3n) is 2.94. The van der Waals surface area contributed by atoms with Crippen LogP contribution in [0.2, 0.25) is 0 Å². The van der Waals surface area contributed by atoms with Gasteiger partial charge < -0.3 is 5.32 Å². The van der Waals surface area contributed by atoms with Crippen molar-refractivity contribution in [2.24, 2.45) is 5.92 Å². The smallest absolute Gasteiger partial charge is 0.270 e. The maximum absolute atomic E-state index is 11.9. The summed E-state index contributed by atoms with van der Waals surface area (Å²) in [5, 5.41) is 13.5. The third-order valence-corrected chi connectivity index (χ3v) is 3.88. The van der Waals surface area contributed by atoms with E-state index in [1.54, 1.807) is 6.07 Å². The highest BCUT2D eigenvalue weighted by Gasteiger charge is 2.21. The Hall–Kier alpha value is -1.18. The SMILES string of the molecule is O=C(NCCC1CC1)c1cc([N+](=O)[O-])ccc1I. The van der Waals surface area contributed by atoms with Crippen LogP contribution in [-0.4, -0.2) is 17.4 Å². The van der Waals surface area contributed by atoms with E-state index in [0.29, 0.717) is 12.1 Å². The molecule has 0 saturated heterocycles. The number of carbonyl (C=O) groups excluding carboxylic acids is 1. The van der Waals surface area contributed by atoms with Crippen molar-refractivity contribution in [2.45, 2.75) is 19.3 Å². The first-order valence-electron chi connectivity index (χ1n) is 5.80. The topological polar surface area (TPSA) is 72.2 Å². The van der Waals surface area contributed by atoms with Crippen LogP contribution in [0.1, 0.15) is 29.6 Å². The molecule has 1 aliphatic rings. The van der Waals surface area contributed by atoms with Crippen LogP contribution < -0.4 is 5.32 Å². The van der Waals surface area contributed by atoms with Gasteiger partial charge in [0.25, 0.3) is 11.6 Å². The van der Waals surface area contributed by atoms with E-state index in [2.05, 4.69) is 5.32 Å². The number of nitro benzene ring substituents is 1. The molecule has 0 spiro atoms. The van der Waals surface area contributed by atoms with Crippen molar-refractivity contribution >= 4 is 34.2 Å². The normalized spacial score (nSPS) is 14.3. The summed E-state index contributed by atoms with van der Waals surface area (Å²) >= 11 is 2.01. The van der Waals surface area contributed by atoms with Crippen LogP contribution >= 0.6 is 22.6 Å². The Bertz CT molecular complexity index is 486. The van der Waals surface area contributed by atoms with E-state index in [1.165, 1.54) is 25.0 Å². The average molecular weight is 360 g/mol. The van der Waals surface area contributed by atoms with Gasteiger partial charge in [-0.2, -0.15) is 0 Å². The maximum atomic E-state index is 11.9. The summed E-state index contributed by atoms with van der Waals surface area (Å²) in [7, 11) is 0. The largest absolute Gasteiger partial charge is 0.352 e. The summed E-state index contributed by atoms with van der Waals surface area (Å²) in [4.78, 5) is 22.1. The summed E-state index contributed by atoms with van der Waals surface area (Å²) in [6, 6.07) is 4.32. The Morgan fingerprint density at radius 1 is 1.50 bits per heavy atom. The first kappa shape index (κ1) is 13.3. The predicted molar refractivity (Wildman–Crippen MR) is 75.5 cm³/mol. The minimum atomic E-state index is -0.489. The van der Waals surface area contributed by atoms with Crippen molar-refractivity contribution in [3.05, 3.63) is 37.4 Å². The number of rotatable bonds is 5. The molecule has 0 atom stereocenters. The number of benzene rings is 1. The van der Waals surface area contributed by atoms with Crippen LogP contribution in [0.5, 0.6) is 0 Å². The molecule has 0 aliphatic heterocycles. The molecule has 1 aromatic rings. The van der Waals surface area contributed by atoms with Gasteiger partial charge in [-0.1, -0.05) is 12.8 Å². The summed E-state index contributed by atoms with van der Waals surface area (Å²) < 4.78 is 0.724. The second-order valence-electron chi connectivity index (χ2n) is 4.41. The molecular weight excluding hydrogens is 347 g/mol. The van der Waals surface area contributed by atoms with E-state index in [0.717, 1.165) is 15.9 Å². The Morgan fingerprint density at radius 2 is 2.22 bits per heavy atom. The van der Waals surface area contributed by atoms with Gasteiger partial charge >= 0.3 is 0 Å². The number of hydrogen-bond donors (Lipinski definition) is 1. The first-order valence-corrected chi connectivity index (χ1v) is 6.88. The Kier molecular flexibility index (Phi) is 4.15. The van der Waals surface area contributed by atoms with E-state index < -0.39 is 4.92 Å². The highest BCUT2D eigenvalue weighted by molar-refractivity contribution is 14.1. The zero-order valence-electron chi connectivity index (χ0n) is 9.69. The van der Waals surface area contributed by atoms with Gasteiger partial charge in [-0.25, -0.2) is 0 Å². The van der Waals surface area contributed by atoms with E-state index in [-0.39, 0.29) is 11.6 Å².